The average molecular weight is 270 g/mol. The fraction of sp³-hybridized carbons (Fsp3) is 0.385. The maximum Gasteiger partial charge on any atom is 0.258 e. The Balaban J connectivity index is 2.63. The van der Waals surface area contributed by atoms with Crippen LogP contribution in [0, 0.1) is 0 Å². The van der Waals surface area contributed by atoms with Crippen molar-refractivity contribution in [2.45, 2.75) is 26.3 Å². The first-order valence-corrected chi connectivity index (χ1v) is 6.12. The lowest BCUT2D eigenvalue weighted by molar-refractivity contribution is -0.123. The lowest BCUT2D eigenvalue weighted by Gasteiger charge is -2.13. The maximum absolute atomic E-state index is 11.5. The van der Waals surface area contributed by atoms with Gasteiger partial charge in [-0.1, -0.05) is 24.6 Å². The number of ether oxygens (including phenoxy) is 1. The van der Waals surface area contributed by atoms with Crippen molar-refractivity contribution in [3.63, 3.8) is 0 Å². The van der Waals surface area contributed by atoms with Gasteiger partial charge in [0.05, 0.1) is 10.6 Å². The Morgan fingerprint density at radius 3 is 2.89 bits per heavy atom. The van der Waals surface area contributed by atoms with Crippen molar-refractivity contribution in [3.05, 3.63) is 28.8 Å². The number of hydrogen-bond acceptors (Lipinski definition) is 3. The van der Waals surface area contributed by atoms with Gasteiger partial charge in [-0.25, -0.2) is 0 Å². The standard InChI is InChI=1S/C13H16ClNO3/c1-3-9(2)15-12(17)8-18-13-10(7-16)5-4-6-11(13)14/h4-7,9H,3,8H2,1-2H3,(H,15,17). The smallest absolute Gasteiger partial charge is 0.258 e. The van der Waals surface area contributed by atoms with Crippen molar-refractivity contribution in [1.82, 2.24) is 5.32 Å². The molecule has 98 valence electrons. The van der Waals surface area contributed by atoms with Crippen molar-refractivity contribution >= 4 is 23.8 Å². The quantitative estimate of drug-likeness (QED) is 0.807. The minimum Gasteiger partial charge on any atom is -0.481 e. The summed E-state index contributed by atoms with van der Waals surface area (Å²) in [4.78, 5) is 22.3. The van der Waals surface area contributed by atoms with Crippen molar-refractivity contribution < 1.29 is 14.3 Å². The molecular weight excluding hydrogens is 254 g/mol. The highest BCUT2D eigenvalue weighted by Crippen LogP contribution is 2.27. The van der Waals surface area contributed by atoms with Crippen molar-refractivity contribution in [2.24, 2.45) is 0 Å². The van der Waals surface area contributed by atoms with E-state index in [0.717, 1.165) is 6.42 Å². The molecule has 1 rings (SSSR count). The maximum atomic E-state index is 11.5. The molecule has 1 unspecified atom stereocenters. The lowest BCUT2D eigenvalue weighted by Crippen LogP contribution is -2.35. The molecule has 4 nitrogen and oxygen atoms in total. The largest absolute Gasteiger partial charge is 0.481 e. The van der Waals surface area contributed by atoms with Crippen LogP contribution >= 0.6 is 11.6 Å². The summed E-state index contributed by atoms with van der Waals surface area (Å²) in [6, 6.07) is 4.94. The molecule has 0 saturated heterocycles. The monoisotopic (exact) mass is 269 g/mol. The van der Waals surface area contributed by atoms with Gasteiger partial charge in [0.1, 0.15) is 5.75 Å². The number of carbonyl (C=O) groups excluding carboxylic acids is 2. The molecule has 0 aromatic heterocycles. The van der Waals surface area contributed by atoms with Crippen molar-refractivity contribution in [1.29, 1.82) is 0 Å². The Kier molecular flexibility index (Phi) is 5.65. The van der Waals surface area contributed by atoms with Crippen molar-refractivity contribution in [3.8, 4) is 5.75 Å². The number of benzene rings is 1. The molecule has 0 saturated carbocycles. The van der Waals surface area contributed by atoms with Crippen LogP contribution in [-0.2, 0) is 4.79 Å². The lowest BCUT2D eigenvalue weighted by atomic mass is 10.2. The molecule has 0 aliphatic carbocycles. The number of nitrogens with one attached hydrogen (secondary N) is 1. The minimum absolute atomic E-state index is 0.0953. The van der Waals surface area contributed by atoms with E-state index in [1.165, 1.54) is 0 Å². The van der Waals surface area contributed by atoms with Crippen LogP contribution < -0.4 is 10.1 Å². The predicted octanol–water partition coefficient (Wildman–Crippen LogP) is 2.45. The topological polar surface area (TPSA) is 55.4 Å². The third-order valence-corrected chi connectivity index (χ3v) is 2.79. The number of amides is 1. The number of halogens is 1. The molecule has 0 fully saturated rings. The molecular formula is C13H16ClNO3. The van der Waals surface area contributed by atoms with Gasteiger partial charge in [-0.2, -0.15) is 0 Å². The second-order valence-electron chi connectivity index (χ2n) is 3.94. The Morgan fingerprint density at radius 1 is 1.56 bits per heavy atom. The fourth-order valence-corrected chi connectivity index (χ4v) is 1.56. The molecule has 0 aliphatic rings. The summed E-state index contributed by atoms with van der Waals surface area (Å²) >= 11 is 5.91. The zero-order chi connectivity index (χ0) is 13.5. The first-order valence-electron chi connectivity index (χ1n) is 5.74. The van der Waals surface area contributed by atoms with Crippen LogP contribution in [0.3, 0.4) is 0 Å². The number of aldehydes is 1. The zero-order valence-electron chi connectivity index (χ0n) is 10.4. The van der Waals surface area contributed by atoms with Gasteiger partial charge >= 0.3 is 0 Å². The van der Waals surface area contributed by atoms with E-state index in [2.05, 4.69) is 5.32 Å². The molecule has 0 spiro atoms. The van der Waals surface area contributed by atoms with E-state index in [0.29, 0.717) is 16.9 Å². The molecule has 18 heavy (non-hydrogen) atoms. The molecule has 0 aliphatic heterocycles. The van der Waals surface area contributed by atoms with Crippen LogP contribution in [0.4, 0.5) is 0 Å². The Bertz CT molecular complexity index is 434. The van der Waals surface area contributed by atoms with Crippen LogP contribution in [0.2, 0.25) is 5.02 Å². The first kappa shape index (κ1) is 14.5. The second kappa shape index (κ2) is 7.01. The molecule has 1 amide bonds. The van der Waals surface area contributed by atoms with E-state index in [1.54, 1.807) is 18.2 Å². The van der Waals surface area contributed by atoms with E-state index in [1.807, 2.05) is 13.8 Å². The van der Waals surface area contributed by atoms with E-state index in [-0.39, 0.29) is 24.3 Å². The van der Waals surface area contributed by atoms with E-state index in [9.17, 15) is 9.59 Å². The highest BCUT2D eigenvalue weighted by atomic mass is 35.5. The van der Waals surface area contributed by atoms with Crippen LogP contribution in [0.1, 0.15) is 30.6 Å². The third kappa shape index (κ3) is 4.04. The molecule has 0 bridgehead atoms. The number of carbonyl (C=O) groups is 2. The van der Waals surface area contributed by atoms with E-state index in [4.69, 9.17) is 16.3 Å². The van der Waals surface area contributed by atoms with E-state index >= 15 is 0 Å². The SMILES string of the molecule is CCC(C)NC(=O)COc1c(Cl)cccc1C=O. The van der Waals surface area contributed by atoms with Crippen LogP contribution in [0.15, 0.2) is 18.2 Å². The van der Waals surface area contributed by atoms with Gasteiger partial charge in [0, 0.05) is 6.04 Å². The van der Waals surface area contributed by atoms with Gasteiger partial charge in [0.15, 0.2) is 12.9 Å². The van der Waals surface area contributed by atoms with Gasteiger partial charge in [-0.05, 0) is 25.5 Å². The summed E-state index contributed by atoms with van der Waals surface area (Å²) in [5, 5.41) is 3.08. The fourth-order valence-electron chi connectivity index (χ4n) is 1.33. The predicted molar refractivity (Wildman–Crippen MR) is 70.2 cm³/mol. The number of para-hydroxylation sites is 1. The summed E-state index contributed by atoms with van der Waals surface area (Å²) in [6.45, 7) is 3.73. The highest BCUT2D eigenvalue weighted by Gasteiger charge is 2.11. The molecule has 1 N–H and O–H groups in total. The molecule has 0 radical (unpaired) electrons. The van der Waals surface area contributed by atoms with E-state index < -0.39 is 0 Å². The zero-order valence-corrected chi connectivity index (χ0v) is 11.2. The minimum atomic E-state index is -0.235. The van der Waals surface area contributed by atoms with Crippen molar-refractivity contribution in [2.75, 3.05) is 6.61 Å². The van der Waals surface area contributed by atoms with Gasteiger partial charge in [0.2, 0.25) is 0 Å². The van der Waals surface area contributed by atoms with Gasteiger partial charge < -0.3 is 10.1 Å². The normalized spacial score (nSPS) is 11.7. The van der Waals surface area contributed by atoms with Crippen LogP contribution in [-0.4, -0.2) is 24.8 Å². The molecule has 1 atom stereocenters. The average Bonchev–Trinajstić information content (AvgIpc) is 2.36. The van der Waals surface area contributed by atoms with Gasteiger partial charge in [-0.3, -0.25) is 9.59 Å². The highest BCUT2D eigenvalue weighted by molar-refractivity contribution is 6.32. The van der Waals surface area contributed by atoms with Gasteiger partial charge in [0.25, 0.3) is 5.91 Å². The molecule has 1 aromatic carbocycles. The summed E-state index contributed by atoms with van der Waals surface area (Å²) in [5.41, 5.74) is 0.332. The summed E-state index contributed by atoms with van der Waals surface area (Å²) in [6.07, 6.45) is 1.49. The summed E-state index contributed by atoms with van der Waals surface area (Å²) in [5.74, 6) is 0.00888. The second-order valence-corrected chi connectivity index (χ2v) is 4.35. The van der Waals surface area contributed by atoms with Crippen LogP contribution in [0.25, 0.3) is 0 Å². The summed E-state index contributed by atoms with van der Waals surface area (Å²) in [7, 11) is 0. The Hall–Kier alpha value is -1.55. The number of rotatable bonds is 6. The Labute approximate surface area is 111 Å². The molecule has 0 heterocycles. The number of hydrogen-bond donors (Lipinski definition) is 1. The van der Waals surface area contributed by atoms with Crippen LogP contribution in [0.5, 0.6) is 5.75 Å². The molecule has 5 heteroatoms. The van der Waals surface area contributed by atoms with Gasteiger partial charge in [-0.15, -0.1) is 0 Å². The third-order valence-electron chi connectivity index (χ3n) is 2.49. The molecule has 1 aromatic rings. The summed E-state index contributed by atoms with van der Waals surface area (Å²) < 4.78 is 5.29. The first-order chi connectivity index (χ1) is 8.58. The Morgan fingerprint density at radius 2 is 2.28 bits per heavy atom.